The first kappa shape index (κ1) is 12.7. The maximum atomic E-state index is 11.2. The molecule has 4 N–H and O–H groups in total. The Bertz CT molecular complexity index is 450. The number of nitrogens with two attached hydrogens (primary N) is 2. The van der Waals surface area contributed by atoms with Gasteiger partial charge in [-0.1, -0.05) is 35.3 Å². The van der Waals surface area contributed by atoms with E-state index in [0.29, 0.717) is 10.0 Å². The van der Waals surface area contributed by atoms with E-state index in [0.717, 1.165) is 18.4 Å². The van der Waals surface area contributed by atoms with Gasteiger partial charge < -0.3 is 11.5 Å². The fourth-order valence-corrected chi connectivity index (χ4v) is 2.75. The van der Waals surface area contributed by atoms with Crippen LogP contribution < -0.4 is 11.5 Å². The van der Waals surface area contributed by atoms with Crippen molar-refractivity contribution >= 4 is 29.1 Å². The average Bonchev–Trinajstić information content (AvgIpc) is 2.19. The standard InChI is InChI=1S/C12H14Cl2N2O/c13-9-3-1-2-8(10(9)14)11(15)6-4-5-7(6)12(16)17/h1-3,6-7,11H,4-5,15H2,(H2,16,17). The van der Waals surface area contributed by atoms with Crippen molar-refractivity contribution in [3.8, 4) is 0 Å². The van der Waals surface area contributed by atoms with Crippen molar-refractivity contribution in [3.05, 3.63) is 33.8 Å². The van der Waals surface area contributed by atoms with Gasteiger partial charge in [0.15, 0.2) is 0 Å². The highest BCUT2D eigenvalue weighted by Gasteiger charge is 2.40. The average molecular weight is 273 g/mol. The van der Waals surface area contributed by atoms with Crippen LogP contribution in [0.2, 0.25) is 10.0 Å². The van der Waals surface area contributed by atoms with Crippen LogP contribution in [0.3, 0.4) is 0 Å². The molecule has 5 heteroatoms. The second kappa shape index (κ2) is 4.84. The molecule has 1 saturated carbocycles. The summed E-state index contributed by atoms with van der Waals surface area (Å²) in [6.45, 7) is 0. The predicted octanol–water partition coefficient (Wildman–Crippen LogP) is 2.50. The first-order valence-corrected chi connectivity index (χ1v) is 6.26. The Hall–Kier alpha value is -0.770. The second-order valence-corrected chi connectivity index (χ2v) is 5.20. The molecule has 1 aromatic carbocycles. The van der Waals surface area contributed by atoms with Crippen LogP contribution in [0.1, 0.15) is 24.4 Å². The van der Waals surface area contributed by atoms with E-state index in [-0.39, 0.29) is 23.8 Å². The van der Waals surface area contributed by atoms with Crippen LogP contribution in [0.15, 0.2) is 18.2 Å². The van der Waals surface area contributed by atoms with E-state index in [1.54, 1.807) is 12.1 Å². The molecule has 0 bridgehead atoms. The summed E-state index contributed by atoms with van der Waals surface area (Å²) in [5, 5.41) is 0.950. The smallest absolute Gasteiger partial charge is 0.220 e. The minimum atomic E-state index is -0.285. The number of hydrogen-bond acceptors (Lipinski definition) is 2. The fourth-order valence-electron chi connectivity index (χ4n) is 2.32. The predicted molar refractivity (Wildman–Crippen MR) is 68.8 cm³/mol. The third-order valence-corrected chi connectivity index (χ3v) is 4.33. The maximum absolute atomic E-state index is 11.2. The molecule has 3 nitrogen and oxygen atoms in total. The van der Waals surface area contributed by atoms with E-state index >= 15 is 0 Å². The molecular weight excluding hydrogens is 259 g/mol. The van der Waals surface area contributed by atoms with Crippen molar-refractivity contribution in [2.24, 2.45) is 23.3 Å². The van der Waals surface area contributed by atoms with Crippen LogP contribution in [0.5, 0.6) is 0 Å². The fraction of sp³-hybridized carbons (Fsp3) is 0.417. The molecule has 0 heterocycles. The lowest BCUT2D eigenvalue weighted by Crippen LogP contribution is -2.43. The maximum Gasteiger partial charge on any atom is 0.220 e. The largest absolute Gasteiger partial charge is 0.369 e. The molecule has 1 aliphatic carbocycles. The van der Waals surface area contributed by atoms with Gasteiger partial charge in [0.25, 0.3) is 0 Å². The van der Waals surface area contributed by atoms with Crippen LogP contribution in [-0.2, 0) is 4.79 Å². The number of halogens is 2. The number of rotatable bonds is 3. The van der Waals surface area contributed by atoms with Crippen molar-refractivity contribution in [1.29, 1.82) is 0 Å². The van der Waals surface area contributed by atoms with Gasteiger partial charge in [-0.05, 0) is 30.4 Å². The van der Waals surface area contributed by atoms with E-state index in [4.69, 9.17) is 34.7 Å². The zero-order valence-electron chi connectivity index (χ0n) is 9.20. The Morgan fingerprint density at radius 1 is 1.35 bits per heavy atom. The molecule has 1 aliphatic rings. The molecule has 3 atom stereocenters. The van der Waals surface area contributed by atoms with Gasteiger partial charge in [0.1, 0.15) is 0 Å². The number of carbonyl (C=O) groups excluding carboxylic acids is 1. The highest BCUT2D eigenvalue weighted by molar-refractivity contribution is 6.42. The summed E-state index contributed by atoms with van der Waals surface area (Å²) in [5.41, 5.74) is 12.3. The zero-order valence-corrected chi connectivity index (χ0v) is 10.7. The number of hydrogen-bond donors (Lipinski definition) is 2. The lowest BCUT2D eigenvalue weighted by atomic mass is 9.68. The monoisotopic (exact) mass is 272 g/mol. The van der Waals surface area contributed by atoms with Crippen LogP contribution >= 0.6 is 23.2 Å². The van der Waals surface area contributed by atoms with Gasteiger partial charge in [0.2, 0.25) is 5.91 Å². The first-order chi connectivity index (χ1) is 8.02. The van der Waals surface area contributed by atoms with Gasteiger partial charge in [-0.2, -0.15) is 0 Å². The molecule has 17 heavy (non-hydrogen) atoms. The second-order valence-electron chi connectivity index (χ2n) is 4.42. The lowest BCUT2D eigenvalue weighted by Gasteiger charge is -2.38. The molecule has 0 aliphatic heterocycles. The molecule has 1 aromatic rings. The molecule has 0 radical (unpaired) electrons. The highest BCUT2D eigenvalue weighted by atomic mass is 35.5. The Morgan fingerprint density at radius 2 is 2.06 bits per heavy atom. The minimum absolute atomic E-state index is 0.0727. The molecule has 92 valence electrons. The molecule has 0 saturated heterocycles. The van der Waals surface area contributed by atoms with Gasteiger partial charge >= 0.3 is 0 Å². The molecule has 0 aromatic heterocycles. The van der Waals surface area contributed by atoms with Gasteiger partial charge in [-0.25, -0.2) is 0 Å². The summed E-state index contributed by atoms with van der Waals surface area (Å²) in [5.74, 6) is -0.349. The Morgan fingerprint density at radius 3 is 2.59 bits per heavy atom. The Balaban J connectivity index is 2.23. The molecular formula is C12H14Cl2N2O. The summed E-state index contributed by atoms with van der Waals surface area (Å²) >= 11 is 12.1. The van der Waals surface area contributed by atoms with Crippen molar-refractivity contribution in [1.82, 2.24) is 0 Å². The van der Waals surface area contributed by atoms with Crippen LogP contribution in [-0.4, -0.2) is 5.91 Å². The lowest BCUT2D eigenvalue weighted by molar-refractivity contribution is -0.127. The quantitative estimate of drug-likeness (QED) is 0.888. The first-order valence-electron chi connectivity index (χ1n) is 5.51. The van der Waals surface area contributed by atoms with E-state index < -0.39 is 0 Å². The summed E-state index contributed by atoms with van der Waals surface area (Å²) in [6, 6.07) is 5.08. The van der Waals surface area contributed by atoms with E-state index in [9.17, 15) is 4.79 Å². The summed E-state index contributed by atoms with van der Waals surface area (Å²) < 4.78 is 0. The van der Waals surface area contributed by atoms with Crippen LogP contribution in [0.4, 0.5) is 0 Å². The molecule has 0 spiro atoms. The molecule has 3 unspecified atom stereocenters. The third kappa shape index (κ3) is 2.28. The van der Waals surface area contributed by atoms with Crippen molar-refractivity contribution in [2.75, 3.05) is 0 Å². The van der Waals surface area contributed by atoms with Gasteiger partial charge in [-0.15, -0.1) is 0 Å². The van der Waals surface area contributed by atoms with E-state index in [1.807, 2.05) is 6.07 Å². The Kier molecular flexibility index (Phi) is 3.61. The summed E-state index contributed by atoms with van der Waals surface area (Å²) in [7, 11) is 0. The topological polar surface area (TPSA) is 69.1 Å². The number of primary amides is 1. The zero-order chi connectivity index (χ0) is 12.6. The van der Waals surface area contributed by atoms with Gasteiger partial charge in [0.05, 0.1) is 10.0 Å². The number of amides is 1. The normalized spacial score (nSPS) is 25.1. The molecule has 1 amide bonds. The third-order valence-electron chi connectivity index (χ3n) is 3.50. The SMILES string of the molecule is NC(=O)C1CCC1C(N)c1cccc(Cl)c1Cl. The molecule has 2 rings (SSSR count). The Labute approximate surface area is 110 Å². The van der Waals surface area contributed by atoms with Gasteiger partial charge in [0, 0.05) is 12.0 Å². The number of carbonyl (C=O) groups is 1. The summed E-state index contributed by atoms with van der Waals surface area (Å²) in [6.07, 6.45) is 1.71. The van der Waals surface area contributed by atoms with Crippen molar-refractivity contribution in [2.45, 2.75) is 18.9 Å². The number of benzene rings is 1. The van der Waals surface area contributed by atoms with E-state index in [1.165, 1.54) is 0 Å². The summed E-state index contributed by atoms with van der Waals surface area (Å²) in [4.78, 5) is 11.2. The van der Waals surface area contributed by atoms with Crippen molar-refractivity contribution < 1.29 is 4.79 Å². The van der Waals surface area contributed by atoms with Gasteiger partial charge in [-0.3, -0.25) is 4.79 Å². The van der Waals surface area contributed by atoms with Crippen LogP contribution in [0, 0.1) is 11.8 Å². The molecule has 1 fully saturated rings. The van der Waals surface area contributed by atoms with Crippen LogP contribution in [0.25, 0.3) is 0 Å². The van der Waals surface area contributed by atoms with E-state index in [2.05, 4.69) is 0 Å². The highest BCUT2D eigenvalue weighted by Crippen LogP contribution is 2.43. The minimum Gasteiger partial charge on any atom is -0.369 e. The van der Waals surface area contributed by atoms with Crippen molar-refractivity contribution in [3.63, 3.8) is 0 Å².